The SMILES string of the molecule is NC(=O)CCC(NC(=O)C(CO)NC(=O)C(CCC(N)=O)NC(=O)C(N)Cc1ccc(O)cc1)C(=O)O. The van der Waals surface area contributed by atoms with Crippen LogP contribution in [-0.2, 0) is 35.2 Å². The largest absolute Gasteiger partial charge is 0.508 e. The van der Waals surface area contributed by atoms with Crippen molar-refractivity contribution in [2.45, 2.75) is 56.3 Å². The van der Waals surface area contributed by atoms with Gasteiger partial charge in [0.05, 0.1) is 12.6 Å². The van der Waals surface area contributed by atoms with Crippen molar-refractivity contribution in [3.63, 3.8) is 0 Å². The Hall–Kier alpha value is -4.24. The first-order valence-electron chi connectivity index (χ1n) is 11.2. The van der Waals surface area contributed by atoms with Gasteiger partial charge in [-0.15, -0.1) is 0 Å². The Balaban J connectivity index is 2.88. The maximum Gasteiger partial charge on any atom is 0.326 e. The third kappa shape index (κ3) is 11.4. The van der Waals surface area contributed by atoms with Gasteiger partial charge < -0.3 is 48.5 Å². The van der Waals surface area contributed by atoms with Gasteiger partial charge >= 0.3 is 5.97 Å². The average molecular weight is 525 g/mol. The summed E-state index contributed by atoms with van der Waals surface area (Å²) in [7, 11) is 0. The predicted molar refractivity (Wildman–Crippen MR) is 127 cm³/mol. The van der Waals surface area contributed by atoms with Crippen molar-refractivity contribution >= 4 is 35.5 Å². The molecule has 1 aromatic rings. The molecule has 0 bridgehead atoms. The molecule has 5 amide bonds. The highest BCUT2D eigenvalue weighted by Crippen LogP contribution is 2.11. The summed E-state index contributed by atoms with van der Waals surface area (Å²) in [5.74, 6) is -5.80. The predicted octanol–water partition coefficient (Wildman–Crippen LogP) is -3.68. The lowest BCUT2D eigenvalue weighted by Crippen LogP contribution is -2.58. The molecule has 0 aliphatic carbocycles. The number of carboxylic acids is 1. The van der Waals surface area contributed by atoms with Crippen LogP contribution in [0, 0.1) is 0 Å². The molecule has 1 aromatic carbocycles. The second kappa shape index (κ2) is 15.0. The molecule has 0 aliphatic heterocycles. The smallest absolute Gasteiger partial charge is 0.326 e. The molecule has 0 fully saturated rings. The maximum atomic E-state index is 12.8. The van der Waals surface area contributed by atoms with E-state index in [2.05, 4.69) is 16.0 Å². The molecule has 12 N–H and O–H groups in total. The highest BCUT2D eigenvalue weighted by atomic mass is 16.4. The average Bonchev–Trinajstić information content (AvgIpc) is 2.83. The van der Waals surface area contributed by atoms with Gasteiger partial charge in [0.15, 0.2) is 0 Å². The molecule has 0 aliphatic rings. The number of aliphatic hydroxyl groups is 1. The quantitative estimate of drug-likeness (QED) is 0.102. The van der Waals surface area contributed by atoms with Crippen LogP contribution in [0.2, 0.25) is 0 Å². The first-order valence-corrected chi connectivity index (χ1v) is 11.2. The van der Waals surface area contributed by atoms with Crippen LogP contribution in [-0.4, -0.2) is 81.6 Å². The number of aliphatic carboxylic acids is 1. The minimum atomic E-state index is -1.62. The Labute approximate surface area is 211 Å². The van der Waals surface area contributed by atoms with E-state index in [-0.39, 0.29) is 37.9 Å². The number of hydrogen-bond acceptors (Lipinski definition) is 9. The highest BCUT2D eigenvalue weighted by Gasteiger charge is 2.30. The van der Waals surface area contributed by atoms with Crippen molar-refractivity contribution in [2.24, 2.45) is 17.2 Å². The summed E-state index contributed by atoms with van der Waals surface area (Å²) in [6, 6.07) is 0.286. The van der Waals surface area contributed by atoms with Crippen LogP contribution in [0.25, 0.3) is 0 Å². The van der Waals surface area contributed by atoms with Crippen molar-refractivity contribution in [3.05, 3.63) is 29.8 Å². The molecular weight excluding hydrogens is 492 g/mol. The number of phenols is 1. The van der Waals surface area contributed by atoms with Crippen LogP contribution >= 0.6 is 0 Å². The molecular formula is C22H32N6O9. The molecule has 204 valence electrons. The minimum absolute atomic E-state index is 0.0231. The van der Waals surface area contributed by atoms with E-state index < -0.39 is 66.3 Å². The van der Waals surface area contributed by atoms with Gasteiger partial charge in [0.25, 0.3) is 0 Å². The Morgan fingerprint density at radius 1 is 0.757 bits per heavy atom. The second-order valence-electron chi connectivity index (χ2n) is 8.19. The summed E-state index contributed by atoms with van der Waals surface area (Å²) < 4.78 is 0. The van der Waals surface area contributed by atoms with Crippen LogP contribution in [0.5, 0.6) is 5.75 Å². The minimum Gasteiger partial charge on any atom is -0.508 e. The molecule has 0 saturated heterocycles. The fourth-order valence-electron chi connectivity index (χ4n) is 3.10. The molecule has 0 radical (unpaired) electrons. The van der Waals surface area contributed by atoms with Gasteiger partial charge in [0, 0.05) is 12.8 Å². The first kappa shape index (κ1) is 30.8. The van der Waals surface area contributed by atoms with Gasteiger partial charge in [0.2, 0.25) is 29.5 Å². The van der Waals surface area contributed by atoms with E-state index in [4.69, 9.17) is 17.2 Å². The van der Waals surface area contributed by atoms with Gasteiger partial charge in [-0.25, -0.2) is 4.79 Å². The summed E-state index contributed by atoms with van der Waals surface area (Å²) in [4.78, 5) is 71.3. The number of primary amides is 2. The zero-order valence-corrected chi connectivity index (χ0v) is 19.9. The number of aliphatic hydroxyl groups excluding tert-OH is 1. The number of rotatable bonds is 16. The topological polar surface area (TPSA) is 277 Å². The van der Waals surface area contributed by atoms with Crippen LogP contribution in [0.1, 0.15) is 31.2 Å². The zero-order valence-electron chi connectivity index (χ0n) is 19.9. The van der Waals surface area contributed by atoms with E-state index in [1.54, 1.807) is 12.1 Å². The number of phenolic OH excluding ortho intramolecular Hbond substituents is 1. The molecule has 37 heavy (non-hydrogen) atoms. The Bertz CT molecular complexity index is 985. The van der Waals surface area contributed by atoms with Crippen LogP contribution in [0.4, 0.5) is 0 Å². The summed E-state index contributed by atoms with van der Waals surface area (Å²) >= 11 is 0. The van der Waals surface area contributed by atoms with E-state index in [0.29, 0.717) is 5.56 Å². The van der Waals surface area contributed by atoms with E-state index in [1.807, 2.05) is 0 Å². The van der Waals surface area contributed by atoms with Gasteiger partial charge in [-0.3, -0.25) is 24.0 Å². The molecule has 15 nitrogen and oxygen atoms in total. The lowest BCUT2D eigenvalue weighted by molar-refractivity contribution is -0.143. The van der Waals surface area contributed by atoms with E-state index in [1.165, 1.54) is 12.1 Å². The van der Waals surface area contributed by atoms with Gasteiger partial charge in [0.1, 0.15) is 23.9 Å². The number of nitrogens with one attached hydrogen (secondary N) is 3. The van der Waals surface area contributed by atoms with Crippen molar-refractivity contribution < 1.29 is 44.1 Å². The monoisotopic (exact) mass is 524 g/mol. The van der Waals surface area contributed by atoms with Crippen LogP contribution in [0.15, 0.2) is 24.3 Å². The lowest BCUT2D eigenvalue weighted by Gasteiger charge is -2.24. The molecule has 0 aromatic heterocycles. The fraction of sp³-hybridized carbons (Fsp3) is 0.455. The van der Waals surface area contributed by atoms with Crippen molar-refractivity contribution in [3.8, 4) is 5.75 Å². The normalized spacial score (nSPS) is 13.9. The third-order valence-electron chi connectivity index (χ3n) is 5.15. The molecule has 4 unspecified atom stereocenters. The summed E-state index contributed by atoms with van der Waals surface area (Å²) in [5, 5.41) is 34.8. The number of carbonyl (C=O) groups is 6. The Kier molecular flexibility index (Phi) is 12.5. The molecule has 15 heteroatoms. The number of carbonyl (C=O) groups excluding carboxylic acids is 5. The number of nitrogens with two attached hydrogens (primary N) is 3. The van der Waals surface area contributed by atoms with Gasteiger partial charge in [-0.2, -0.15) is 0 Å². The van der Waals surface area contributed by atoms with Gasteiger partial charge in [-0.05, 0) is 37.0 Å². The molecule has 1 rings (SSSR count). The summed E-state index contributed by atoms with van der Waals surface area (Å²) in [6.45, 7) is -0.934. The zero-order chi connectivity index (χ0) is 28.1. The standard InChI is InChI=1S/C22H32N6O9/c23-13(9-11-1-3-12(30)4-2-11)19(33)26-14(5-7-17(24)31)20(34)28-16(10-29)21(35)27-15(22(36)37)6-8-18(25)32/h1-4,13-16,29-30H,5-10,23H2,(H2,24,31)(H2,25,32)(H,26,33)(H,27,35)(H,28,34)(H,36,37). The second-order valence-corrected chi connectivity index (χ2v) is 8.19. The Morgan fingerprint density at radius 3 is 1.70 bits per heavy atom. The molecule has 0 saturated carbocycles. The number of aromatic hydroxyl groups is 1. The Morgan fingerprint density at radius 2 is 1.22 bits per heavy atom. The summed E-state index contributed by atoms with van der Waals surface area (Å²) in [6.07, 6.45) is -1.16. The van der Waals surface area contributed by atoms with E-state index in [0.717, 1.165) is 0 Å². The lowest BCUT2D eigenvalue weighted by atomic mass is 10.0. The van der Waals surface area contributed by atoms with Crippen LogP contribution in [0.3, 0.4) is 0 Å². The fourth-order valence-corrected chi connectivity index (χ4v) is 3.10. The summed E-state index contributed by atoms with van der Waals surface area (Å²) in [5.41, 5.74) is 16.7. The van der Waals surface area contributed by atoms with Crippen molar-refractivity contribution in [1.29, 1.82) is 0 Å². The van der Waals surface area contributed by atoms with Crippen LogP contribution < -0.4 is 33.2 Å². The van der Waals surface area contributed by atoms with Gasteiger partial charge in [-0.1, -0.05) is 12.1 Å². The van der Waals surface area contributed by atoms with Crippen molar-refractivity contribution in [1.82, 2.24) is 16.0 Å². The molecule has 0 heterocycles. The van der Waals surface area contributed by atoms with Crippen molar-refractivity contribution in [2.75, 3.05) is 6.61 Å². The third-order valence-corrected chi connectivity index (χ3v) is 5.15. The molecule has 4 atom stereocenters. The van der Waals surface area contributed by atoms with E-state index in [9.17, 15) is 44.1 Å². The first-order chi connectivity index (χ1) is 17.3. The van der Waals surface area contributed by atoms with E-state index >= 15 is 0 Å². The molecule has 0 spiro atoms. The number of hydrogen-bond donors (Lipinski definition) is 9. The number of benzene rings is 1. The maximum absolute atomic E-state index is 12.8. The number of carboxylic acid groups (broad SMARTS) is 1. The number of amides is 5. The highest BCUT2D eigenvalue weighted by molar-refractivity contribution is 5.94.